The molecule has 0 fully saturated rings. The third-order valence-electron chi connectivity index (χ3n) is 2.44. The minimum absolute atomic E-state index is 0.0460. The first-order valence-electron chi connectivity index (χ1n) is 4.41. The van der Waals surface area contributed by atoms with Gasteiger partial charge in [-0.05, 0) is 25.0 Å². The lowest BCUT2D eigenvalue weighted by Crippen LogP contribution is -2.27. The van der Waals surface area contributed by atoms with Crippen molar-refractivity contribution in [3.05, 3.63) is 23.7 Å². The highest BCUT2D eigenvalue weighted by Crippen LogP contribution is 2.30. The molecule has 0 aliphatic carbocycles. The number of aliphatic hydroxyl groups is 1. The minimum atomic E-state index is -1.13. The molecule has 2 N–H and O–H groups in total. The maximum absolute atomic E-state index is 10.5. The summed E-state index contributed by atoms with van der Waals surface area (Å²) < 4.78 is 5.02. The van der Waals surface area contributed by atoms with Crippen molar-refractivity contribution in [1.29, 1.82) is 0 Å². The Kier molecular flexibility index (Phi) is 2.66. The smallest absolute Gasteiger partial charge is 0.371 e. The normalized spacial score (nSPS) is 15.5. The number of hydrogen-bond acceptors (Lipinski definition) is 3. The van der Waals surface area contributed by atoms with Crippen molar-refractivity contribution in [3.8, 4) is 0 Å². The molecule has 0 saturated heterocycles. The van der Waals surface area contributed by atoms with Gasteiger partial charge >= 0.3 is 5.97 Å². The fourth-order valence-corrected chi connectivity index (χ4v) is 1.01. The number of aromatic carboxylic acids is 1. The first-order valence-corrected chi connectivity index (χ1v) is 4.41. The summed E-state index contributed by atoms with van der Waals surface area (Å²) in [5.41, 5.74) is -1.13. The molecule has 0 saturated carbocycles. The van der Waals surface area contributed by atoms with Crippen LogP contribution in [-0.2, 0) is 5.60 Å². The molecular weight excluding hydrogens is 184 g/mol. The van der Waals surface area contributed by atoms with Crippen molar-refractivity contribution in [2.24, 2.45) is 5.92 Å². The molecular formula is C10H14O4. The Bertz CT molecular complexity index is 336. The van der Waals surface area contributed by atoms with Crippen LogP contribution >= 0.6 is 0 Å². The van der Waals surface area contributed by atoms with Gasteiger partial charge in [-0.2, -0.15) is 0 Å². The molecule has 14 heavy (non-hydrogen) atoms. The van der Waals surface area contributed by atoms with Crippen molar-refractivity contribution >= 4 is 5.97 Å². The van der Waals surface area contributed by atoms with Crippen LogP contribution in [0, 0.1) is 5.92 Å². The standard InChI is InChI=1S/C10H14O4/c1-6(2)10(3,13)8-5-4-7(14-8)9(11)12/h4-6,13H,1-3H3,(H,11,12). The molecule has 1 heterocycles. The van der Waals surface area contributed by atoms with Crippen LogP contribution in [0.2, 0.25) is 0 Å². The summed E-state index contributed by atoms with van der Waals surface area (Å²) in [5, 5.41) is 18.6. The lowest BCUT2D eigenvalue weighted by molar-refractivity contribution is -0.0121. The summed E-state index contributed by atoms with van der Waals surface area (Å²) in [7, 11) is 0. The van der Waals surface area contributed by atoms with Gasteiger partial charge in [0.25, 0.3) is 0 Å². The molecule has 4 heteroatoms. The molecule has 1 atom stereocenters. The van der Waals surface area contributed by atoms with Crippen LogP contribution < -0.4 is 0 Å². The fourth-order valence-electron chi connectivity index (χ4n) is 1.01. The molecule has 1 unspecified atom stereocenters. The number of carboxylic acid groups (broad SMARTS) is 1. The zero-order chi connectivity index (χ0) is 10.9. The predicted molar refractivity (Wildman–Crippen MR) is 50.1 cm³/mol. The van der Waals surface area contributed by atoms with Crippen molar-refractivity contribution in [2.75, 3.05) is 0 Å². The highest BCUT2D eigenvalue weighted by molar-refractivity contribution is 5.84. The zero-order valence-electron chi connectivity index (χ0n) is 8.44. The highest BCUT2D eigenvalue weighted by atomic mass is 16.4. The van der Waals surface area contributed by atoms with Gasteiger partial charge in [-0.15, -0.1) is 0 Å². The van der Waals surface area contributed by atoms with Crippen LogP contribution in [0.4, 0.5) is 0 Å². The van der Waals surface area contributed by atoms with Crippen molar-refractivity contribution < 1.29 is 19.4 Å². The molecule has 1 aromatic heterocycles. The van der Waals surface area contributed by atoms with E-state index in [1.807, 2.05) is 13.8 Å². The van der Waals surface area contributed by atoms with E-state index in [0.717, 1.165) is 0 Å². The quantitative estimate of drug-likeness (QED) is 0.777. The third kappa shape index (κ3) is 1.80. The van der Waals surface area contributed by atoms with E-state index in [2.05, 4.69) is 0 Å². The van der Waals surface area contributed by atoms with E-state index in [-0.39, 0.29) is 17.4 Å². The van der Waals surface area contributed by atoms with Gasteiger partial charge in [-0.1, -0.05) is 13.8 Å². The number of furan rings is 1. The second-order valence-electron chi connectivity index (χ2n) is 3.77. The van der Waals surface area contributed by atoms with Crippen LogP contribution in [-0.4, -0.2) is 16.2 Å². The Balaban J connectivity index is 3.02. The molecule has 0 bridgehead atoms. The fraction of sp³-hybridized carbons (Fsp3) is 0.500. The van der Waals surface area contributed by atoms with Crippen LogP contribution in [0.3, 0.4) is 0 Å². The largest absolute Gasteiger partial charge is 0.475 e. The van der Waals surface area contributed by atoms with Crippen LogP contribution in [0.25, 0.3) is 0 Å². The lowest BCUT2D eigenvalue weighted by atomic mass is 9.90. The third-order valence-corrected chi connectivity index (χ3v) is 2.44. The van der Waals surface area contributed by atoms with E-state index in [1.165, 1.54) is 12.1 Å². The maximum atomic E-state index is 10.5. The number of carbonyl (C=O) groups is 1. The summed E-state index contributed by atoms with van der Waals surface area (Å²) in [5.74, 6) is -1.04. The van der Waals surface area contributed by atoms with Gasteiger partial charge in [0.2, 0.25) is 5.76 Å². The summed E-state index contributed by atoms with van der Waals surface area (Å²) in [4.78, 5) is 10.5. The Hall–Kier alpha value is -1.29. The SMILES string of the molecule is CC(C)C(C)(O)c1ccc(C(=O)O)o1. The van der Waals surface area contributed by atoms with Crippen LogP contribution in [0.15, 0.2) is 16.5 Å². The van der Waals surface area contributed by atoms with Gasteiger partial charge in [0.15, 0.2) is 0 Å². The van der Waals surface area contributed by atoms with Gasteiger partial charge in [0.05, 0.1) is 0 Å². The van der Waals surface area contributed by atoms with E-state index in [4.69, 9.17) is 9.52 Å². The van der Waals surface area contributed by atoms with Crippen molar-refractivity contribution in [2.45, 2.75) is 26.4 Å². The summed E-state index contributed by atoms with van der Waals surface area (Å²) >= 11 is 0. The zero-order valence-corrected chi connectivity index (χ0v) is 8.44. The van der Waals surface area contributed by atoms with E-state index >= 15 is 0 Å². The Morgan fingerprint density at radius 2 is 2.07 bits per heavy atom. The van der Waals surface area contributed by atoms with E-state index < -0.39 is 11.6 Å². The second kappa shape index (κ2) is 3.46. The van der Waals surface area contributed by atoms with Gasteiger partial charge in [-0.25, -0.2) is 4.79 Å². The molecule has 78 valence electrons. The topological polar surface area (TPSA) is 70.7 Å². The molecule has 0 spiro atoms. The predicted octanol–water partition coefficient (Wildman–Crippen LogP) is 1.84. The number of hydrogen-bond donors (Lipinski definition) is 2. The van der Waals surface area contributed by atoms with Gasteiger partial charge in [0.1, 0.15) is 11.4 Å². The van der Waals surface area contributed by atoms with Gasteiger partial charge < -0.3 is 14.6 Å². The van der Waals surface area contributed by atoms with Crippen molar-refractivity contribution in [3.63, 3.8) is 0 Å². The molecule has 0 aromatic carbocycles. The lowest BCUT2D eigenvalue weighted by Gasteiger charge is -2.24. The summed E-state index contributed by atoms with van der Waals surface area (Å²) in [6.07, 6.45) is 0. The average molecular weight is 198 g/mol. The molecule has 0 aliphatic rings. The average Bonchev–Trinajstić information content (AvgIpc) is 2.51. The number of rotatable bonds is 3. The monoisotopic (exact) mass is 198 g/mol. The Morgan fingerprint density at radius 1 is 1.50 bits per heavy atom. The molecule has 1 aromatic rings. The van der Waals surface area contributed by atoms with Crippen molar-refractivity contribution in [1.82, 2.24) is 0 Å². The molecule has 0 radical (unpaired) electrons. The van der Waals surface area contributed by atoms with E-state index in [9.17, 15) is 9.90 Å². The molecule has 4 nitrogen and oxygen atoms in total. The van der Waals surface area contributed by atoms with Gasteiger partial charge in [-0.3, -0.25) is 0 Å². The molecule has 0 aliphatic heterocycles. The first-order chi connectivity index (χ1) is 6.35. The highest BCUT2D eigenvalue weighted by Gasteiger charge is 2.31. The minimum Gasteiger partial charge on any atom is -0.475 e. The van der Waals surface area contributed by atoms with E-state index in [1.54, 1.807) is 6.92 Å². The van der Waals surface area contributed by atoms with Crippen LogP contribution in [0.5, 0.6) is 0 Å². The first kappa shape index (κ1) is 10.8. The second-order valence-corrected chi connectivity index (χ2v) is 3.77. The number of carboxylic acids is 1. The summed E-state index contributed by atoms with van der Waals surface area (Å²) in [6.45, 7) is 5.27. The Morgan fingerprint density at radius 3 is 2.43 bits per heavy atom. The Labute approximate surface area is 82.2 Å². The van der Waals surface area contributed by atoms with Crippen LogP contribution in [0.1, 0.15) is 37.1 Å². The molecule has 0 amide bonds. The maximum Gasteiger partial charge on any atom is 0.371 e. The van der Waals surface area contributed by atoms with Gasteiger partial charge in [0, 0.05) is 0 Å². The van der Waals surface area contributed by atoms with E-state index in [0.29, 0.717) is 0 Å². The summed E-state index contributed by atoms with van der Waals surface area (Å²) in [6, 6.07) is 2.83. The molecule has 1 rings (SSSR count).